The third-order valence-corrected chi connectivity index (χ3v) is 1.87. The van der Waals surface area contributed by atoms with Crippen LogP contribution in [0.4, 0.5) is 0 Å². The predicted molar refractivity (Wildman–Crippen MR) is 50.7 cm³/mol. The van der Waals surface area contributed by atoms with E-state index >= 15 is 0 Å². The summed E-state index contributed by atoms with van der Waals surface area (Å²) in [6.45, 7) is 5.26. The molecule has 0 spiro atoms. The number of hydrogen-bond donors (Lipinski definition) is 1. The molecule has 0 aliphatic heterocycles. The Morgan fingerprint density at radius 3 is 1.71 bits per heavy atom. The Hall–Kier alpha value is -1.10. The monoisotopic (exact) mass is 203 g/mol. The fraction of sp³-hybridized carbons (Fsp3) is 0.778. The molecule has 5 nitrogen and oxygen atoms in total. The van der Waals surface area contributed by atoms with E-state index in [0.717, 1.165) is 0 Å². The second kappa shape index (κ2) is 5.59. The number of hydrogen-bond acceptors (Lipinski definition) is 5. The first-order valence-corrected chi connectivity index (χ1v) is 4.56. The molecular weight excluding hydrogens is 186 g/mol. The molecule has 0 heterocycles. The molecule has 0 aliphatic carbocycles. The lowest BCUT2D eigenvalue weighted by molar-refractivity contribution is -0.164. The van der Waals surface area contributed by atoms with E-state index in [4.69, 9.17) is 9.47 Å². The van der Waals surface area contributed by atoms with E-state index in [0.29, 0.717) is 0 Å². The van der Waals surface area contributed by atoms with Gasteiger partial charge in [-0.2, -0.15) is 0 Å². The average molecular weight is 203 g/mol. The van der Waals surface area contributed by atoms with Crippen LogP contribution in [0.15, 0.2) is 0 Å². The van der Waals surface area contributed by atoms with Gasteiger partial charge in [0.25, 0.3) is 0 Å². The number of ether oxygens (including phenoxy) is 2. The summed E-state index contributed by atoms with van der Waals surface area (Å²) in [5.74, 6) is -1.25. The van der Waals surface area contributed by atoms with Crippen molar-refractivity contribution < 1.29 is 19.1 Å². The van der Waals surface area contributed by atoms with Crippen LogP contribution >= 0.6 is 0 Å². The zero-order valence-electron chi connectivity index (χ0n) is 9.05. The second-order valence-electron chi connectivity index (χ2n) is 2.82. The molecule has 0 radical (unpaired) electrons. The van der Waals surface area contributed by atoms with Crippen molar-refractivity contribution in [2.45, 2.75) is 26.3 Å². The highest BCUT2D eigenvalue weighted by molar-refractivity contribution is 6.04. The maximum atomic E-state index is 11.4. The molecule has 5 heteroatoms. The van der Waals surface area contributed by atoms with Gasteiger partial charge in [0.15, 0.2) is 0 Å². The highest BCUT2D eigenvalue weighted by atomic mass is 16.6. The van der Waals surface area contributed by atoms with Gasteiger partial charge in [0, 0.05) is 0 Å². The van der Waals surface area contributed by atoms with Crippen LogP contribution < -0.4 is 5.32 Å². The molecule has 0 saturated heterocycles. The zero-order valence-corrected chi connectivity index (χ0v) is 9.05. The minimum Gasteiger partial charge on any atom is -0.464 e. The van der Waals surface area contributed by atoms with Gasteiger partial charge in [0.1, 0.15) is 0 Å². The Kier molecular flexibility index (Phi) is 5.15. The Morgan fingerprint density at radius 1 is 1.14 bits per heavy atom. The van der Waals surface area contributed by atoms with Gasteiger partial charge >= 0.3 is 11.9 Å². The lowest BCUT2D eigenvalue weighted by Gasteiger charge is -2.23. The van der Waals surface area contributed by atoms with Crippen LogP contribution in [0.25, 0.3) is 0 Å². The fourth-order valence-electron chi connectivity index (χ4n) is 0.838. The average Bonchev–Trinajstić information content (AvgIpc) is 2.17. The van der Waals surface area contributed by atoms with Crippen LogP contribution in [0.5, 0.6) is 0 Å². The molecule has 14 heavy (non-hydrogen) atoms. The minimum atomic E-state index is -1.41. The molecule has 1 N–H and O–H groups in total. The molecular formula is C9H17NO4. The quantitative estimate of drug-likeness (QED) is 0.507. The SMILES string of the molecule is CCOC(=O)C(C)(NC)C(=O)OCC. The molecule has 0 aromatic rings. The number of carbonyl (C=O) groups excluding carboxylic acids is 2. The van der Waals surface area contributed by atoms with Crippen LogP contribution in [-0.2, 0) is 19.1 Å². The van der Waals surface area contributed by atoms with Crippen LogP contribution in [0.1, 0.15) is 20.8 Å². The highest BCUT2D eigenvalue weighted by Crippen LogP contribution is 2.08. The number of nitrogens with one attached hydrogen (secondary N) is 1. The van der Waals surface area contributed by atoms with Crippen LogP contribution in [0.3, 0.4) is 0 Å². The molecule has 0 aliphatic rings. The summed E-state index contributed by atoms with van der Waals surface area (Å²) in [5, 5.41) is 2.60. The van der Waals surface area contributed by atoms with E-state index in [9.17, 15) is 9.59 Å². The van der Waals surface area contributed by atoms with Crippen molar-refractivity contribution in [2.75, 3.05) is 20.3 Å². The summed E-state index contributed by atoms with van der Waals surface area (Å²) < 4.78 is 9.53. The van der Waals surface area contributed by atoms with Crippen molar-refractivity contribution in [3.05, 3.63) is 0 Å². The van der Waals surface area contributed by atoms with Crippen molar-refractivity contribution in [3.63, 3.8) is 0 Å². The fourth-order valence-corrected chi connectivity index (χ4v) is 0.838. The van der Waals surface area contributed by atoms with E-state index in [1.54, 1.807) is 13.8 Å². The Bertz CT molecular complexity index is 197. The highest BCUT2D eigenvalue weighted by Gasteiger charge is 2.42. The minimum absolute atomic E-state index is 0.232. The lowest BCUT2D eigenvalue weighted by atomic mass is 10.0. The molecule has 0 aromatic heterocycles. The van der Waals surface area contributed by atoms with Gasteiger partial charge in [0.05, 0.1) is 13.2 Å². The topological polar surface area (TPSA) is 64.6 Å². The Balaban J connectivity index is 4.60. The molecule has 0 aromatic carbocycles. The van der Waals surface area contributed by atoms with Gasteiger partial charge in [-0.25, -0.2) is 9.59 Å². The van der Waals surface area contributed by atoms with Gasteiger partial charge in [-0.05, 0) is 27.8 Å². The standard InChI is InChI=1S/C9H17NO4/c1-5-13-7(11)9(3,10-4)8(12)14-6-2/h10H,5-6H2,1-4H3. The smallest absolute Gasteiger partial charge is 0.337 e. The third kappa shape index (κ3) is 2.70. The first-order chi connectivity index (χ1) is 6.52. The second-order valence-corrected chi connectivity index (χ2v) is 2.82. The molecule has 0 atom stereocenters. The van der Waals surface area contributed by atoms with E-state index in [1.807, 2.05) is 0 Å². The maximum absolute atomic E-state index is 11.4. The molecule has 0 rings (SSSR count). The number of likely N-dealkylation sites (N-methyl/N-ethyl adjacent to an activating group) is 1. The summed E-state index contributed by atoms with van der Waals surface area (Å²) in [4.78, 5) is 22.9. The Labute approximate surface area is 83.8 Å². The first kappa shape index (κ1) is 12.9. The van der Waals surface area contributed by atoms with E-state index < -0.39 is 17.5 Å². The first-order valence-electron chi connectivity index (χ1n) is 4.56. The number of carbonyl (C=O) groups is 2. The van der Waals surface area contributed by atoms with Gasteiger partial charge in [-0.3, -0.25) is 5.32 Å². The summed E-state index contributed by atoms with van der Waals surface area (Å²) in [6, 6.07) is 0. The molecule has 0 fully saturated rings. The van der Waals surface area contributed by atoms with Gasteiger partial charge in [0.2, 0.25) is 5.54 Å². The maximum Gasteiger partial charge on any atom is 0.337 e. The summed E-state index contributed by atoms with van der Waals surface area (Å²) in [6.07, 6.45) is 0. The number of esters is 2. The predicted octanol–water partition coefficient (Wildman–Crippen LogP) is 0.0907. The molecule has 0 unspecified atom stereocenters. The summed E-state index contributed by atoms with van der Waals surface area (Å²) in [7, 11) is 1.51. The molecule has 0 saturated carbocycles. The van der Waals surface area contributed by atoms with Crippen LogP contribution in [0, 0.1) is 0 Å². The van der Waals surface area contributed by atoms with Crippen LogP contribution in [-0.4, -0.2) is 37.7 Å². The van der Waals surface area contributed by atoms with Crippen molar-refractivity contribution in [1.82, 2.24) is 5.32 Å². The van der Waals surface area contributed by atoms with Gasteiger partial charge in [-0.15, -0.1) is 0 Å². The van der Waals surface area contributed by atoms with Crippen molar-refractivity contribution in [2.24, 2.45) is 0 Å². The normalized spacial score (nSPS) is 10.9. The number of rotatable bonds is 5. The molecule has 82 valence electrons. The summed E-state index contributed by atoms with van der Waals surface area (Å²) in [5.41, 5.74) is -1.41. The van der Waals surface area contributed by atoms with E-state index in [-0.39, 0.29) is 13.2 Å². The van der Waals surface area contributed by atoms with E-state index in [1.165, 1.54) is 14.0 Å². The lowest BCUT2D eigenvalue weighted by Crippen LogP contribution is -2.55. The van der Waals surface area contributed by atoms with Gasteiger partial charge in [-0.1, -0.05) is 0 Å². The third-order valence-electron chi connectivity index (χ3n) is 1.87. The van der Waals surface area contributed by atoms with Crippen molar-refractivity contribution in [3.8, 4) is 0 Å². The zero-order chi connectivity index (χ0) is 11.2. The Morgan fingerprint density at radius 2 is 1.50 bits per heavy atom. The van der Waals surface area contributed by atoms with Crippen molar-refractivity contribution in [1.29, 1.82) is 0 Å². The summed E-state index contributed by atoms with van der Waals surface area (Å²) >= 11 is 0. The molecule has 0 bridgehead atoms. The van der Waals surface area contributed by atoms with Crippen LogP contribution in [0.2, 0.25) is 0 Å². The van der Waals surface area contributed by atoms with E-state index in [2.05, 4.69) is 5.32 Å². The molecule has 0 amide bonds. The van der Waals surface area contributed by atoms with Gasteiger partial charge < -0.3 is 9.47 Å². The van der Waals surface area contributed by atoms with Crippen molar-refractivity contribution >= 4 is 11.9 Å². The largest absolute Gasteiger partial charge is 0.464 e.